The molecule has 1 aliphatic heterocycles. The van der Waals surface area contributed by atoms with Crippen molar-refractivity contribution in [2.45, 2.75) is 38.6 Å². The van der Waals surface area contributed by atoms with E-state index in [0.29, 0.717) is 12.6 Å². The largest absolute Gasteiger partial charge is 0.329 e. The highest BCUT2D eigenvalue weighted by atomic mass is 79.9. The third-order valence-electron chi connectivity index (χ3n) is 3.87. The minimum atomic E-state index is 0.384. The van der Waals surface area contributed by atoms with Crippen LogP contribution in [-0.2, 0) is 0 Å². The molecule has 1 unspecified atom stereocenters. The second-order valence-electron chi connectivity index (χ2n) is 5.21. The lowest BCUT2D eigenvalue weighted by atomic mass is 10.0. The van der Waals surface area contributed by atoms with Crippen LogP contribution in [0.5, 0.6) is 0 Å². The molecule has 0 spiro atoms. The van der Waals surface area contributed by atoms with Gasteiger partial charge in [-0.05, 0) is 50.0 Å². The van der Waals surface area contributed by atoms with E-state index in [0.717, 1.165) is 0 Å². The fourth-order valence-electron chi connectivity index (χ4n) is 2.78. The summed E-state index contributed by atoms with van der Waals surface area (Å²) in [5.41, 5.74) is 8.67. The number of nitrogens with zero attached hydrogens (tertiary/aromatic N) is 1. The molecule has 2 N–H and O–H groups in total. The second kappa shape index (κ2) is 6.69. The molecule has 18 heavy (non-hydrogen) atoms. The number of hydrogen-bond donors (Lipinski definition) is 1. The van der Waals surface area contributed by atoms with Gasteiger partial charge in [0.2, 0.25) is 0 Å². The van der Waals surface area contributed by atoms with E-state index < -0.39 is 0 Å². The van der Waals surface area contributed by atoms with Gasteiger partial charge in [0.1, 0.15) is 0 Å². The third-order valence-corrected chi connectivity index (χ3v) is 4.76. The summed E-state index contributed by atoms with van der Waals surface area (Å²) in [6.45, 7) is 5.23. The Morgan fingerprint density at radius 2 is 1.89 bits per heavy atom. The number of nitrogens with two attached hydrogens (primary N) is 1. The summed E-state index contributed by atoms with van der Waals surface area (Å²) < 4.78 is 1.18. The van der Waals surface area contributed by atoms with Gasteiger partial charge < -0.3 is 5.73 Å². The van der Waals surface area contributed by atoms with Gasteiger partial charge in [0.05, 0.1) is 0 Å². The first-order chi connectivity index (χ1) is 8.72. The Morgan fingerprint density at radius 3 is 2.44 bits per heavy atom. The van der Waals surface area contributed by atoms with Gasteiger partial charge in [-0.1, -0.05) is 40.9 Å². The molecule has 1 heterocycles. The summed E-state index contributed by atoms with van der Waals surface area (Å²) in [5.74, 6) is 0. The average Bonchev–Trinajstić information content (AvgIpc) is 2.64. The van der Waals surface area contributed by atoms with Gasteiger partial charge in [-0.2, -0.15) is 0 Å². The van der Waals surface area contributed by atoms with Crippen LogP contribution in [0.15, 0.2) is 22.7 Å². The standard InChI is InChI=1S/C15H23BrN2/c1-12-10-13(6-7-14(12)16)15(11-17)18-8-4-2-3-5-9-18/h6-7,10,15H,2-5,8-9,11,17H2,1H3. The van der Waals surface area contributed by atoms with Gasteiger partial charge >= 0.3 is 0 Å². The zero-order chi connectivity index (χ0) is 13.0. The molecule has 0 amide bonds. The zero-order valence-electron chi connectivity index (χ0n) is 11.2. The molecule has 2 nitrogen and oxygen atoms in total. The number of benzene rings is 1. The van der Waals surface area contributed by atoms with Gasteiger partial charge in [0.25, 0.3) is 0 Å². The molecular weight excluding hydrogens is 288 g/mol. The third kappa shape index (κ3) is 3.34. The Bertz CT molecular complexity index is 384. The van der Waals surface area contributed by atoms with E-state index >= 15 is 0 Å². The maximum absolute atomic E-state index is 6.02. The smallest absolute Gasteiger partial charge is 0.0470 e. The summed E-state index contributed by atoms with van der Waals surface area (Å²) in [6.07, 6.45) is 5.36. The summed E-state index contributed by atoms with van der Waals surface area (Å²) in [7, 11) is 0. The fourth-order valence-corrected chi connectivity index (χ4v) is 3.02. The molecule has 1 fully saturated rings. The molecule has 100 valence electrons. The molecule has 1 aromatic carbocycles. The Labute approximate surface area is 119 Å². The van der Waals surface area contributed by atoms with Crippen LogP contribution in [0, 0.1) is 6.92 Å². The predicted octanol–water partition coefficient (Wildman–Crippen LogP) is 3.63. The average molecular weight is 311 g/mol. The first kappa shape index (κ1) is 14.0. The van der Waals surface area contributed by atoms with E-state index in [1.54, 1.807) is 0 Å². The Kier molecular flexibility index (Phi) is 5.22. The molecule has 1 aliphatic rings. The molecule has 1 aromatic rings. The summed E-state index contributed by atoms with van der Waals surface area (Å²) in [4.78, 5) is 2.57. The Morgan fingerprint density at radius 1 is 1.22 bits per heavy atom. The maximum Gasteiger partial charge on any atom is 0.0470 e. The van der Waals surface area contributed by atoms with E-state index in [1.807, 2.05) is 0 Å². The van der Waals surface area contributed by atoms with Crippen molar-refractivity contribution >= 4 is 15.9 Å². The van der Waals surface area contributed by atoms with Crippen LogP contribution in [0.1, 0.15) is 42.9 Å². The van der Waals surface area contributed by atoms with Gasteiger partial charge in [-0.3, -0.25) is 4.90 Å². The lowest BCUT2D eigenvalue weighted by molar-refractivity contribution is 0.209. The summed E-state index contributed by atoms with van der Waals surface area (Å²) in [6, 6.07) is 7.01. The van der Waals surface area contributed by atoms with E-state index in [1.165, 1.54) is 54.4 Å². The molecule has 0 radical (unpaired) electrons. The van der Waals surface area contributed by atoms with Crippen LogP contribution >= 0.6 is 15.9 Å². The zero-order valence-corrected chi connectivity index (χ0v) is 12.7. The molecule has 2 rings (SSSR count). The maximum atomic E-state index is 6.02. The van der Waals surface area contributed by atoms with Gasteiger partial charge in [-0.25, -0.2) is 0 Å². The number of aryl methyl sites for hydroxylation is 1. The van der Waals surface area contributed by atoms with E-state index in [2.05, 4.69) is 46.0 Å². The van der Waals surface area contributed by atoms with Crippen LogP contribution in [0.2, 0.25) is 0 Å². The Balaban J connectivity index is 2.17. The van der Waals surface area contributed by atoms with Crippen molar-refractivity contribution in [2.24, 2.45) is 5.73 Å². The van der Waals surface area contributed by atoms with Gasteiger partial charge in [0, 0.05) is 17.1 Å². The molecule has 3 heteroatoms. The van der Waals surface area contributed by atoms with Crippen LogP contribution in [0.3, 0.4) is 0 Å². The van der Waals surface area contributed by atoms with E-state index in [4.69, 9.17) is 5.73 Å². The molecule has 1 atom stereocenters. The first-order valence-corrected chi connectivity index (χ1v) is 7.72. The number of hydrogen-bond acceptors (Lipinski definition) is 2. The highest BCUT2D eigenvalue weighted by molar-refractivity contribution is 9.10. The molecule has 0 saturated carbocycles. The van der Waals surface area contributed by atoms with Crippen molar-refractivity contribution < 1.29 is 0 Å². The second-order valence-corrected chi connectivity index (χ2v) is 6.06. The normalized spacial score (nSPS) is 19.5. The monoisotopic (exact) mass is 310 g/mol. The van der Waals surface area contributed by atoms with Crippen molar-refractivity contribution in [3.05, 3.63) is 33.8 Å². The van der Waals surface area contributed by atoms with Crippen LogP contribution in [0.4, 0.5) is 0 Å². The molecule has 0 aliphatic carbocycles. The lowest BCUT2D eigenvalue weighted by Gasteiger charge is -2.30. The number of halogens is 1. The quantitative estimate of drug-likeness (QED) is 0.923. The van der Waals surface area contributed by atoms with Gasteiger partial charge in [0.15, 0.2) is 0 Å². The van der Waals surface area contributed by atoms with Crippen LogP contribution < -0.4 is 5.73 Å². The minimum Gasteiger partial charge on any atom is -0.329 e. The molecule has 0 bridgehead atoms. The predicted molar refractivity (Wildman–Crippen MR) is 80.7 cm³/mol. The topological polar surface area (TPSA) is 29.3 Å². The van der Waals surface area contributed by atoms with Crippen molar-refractivity contribution in [3.63, 3.8) is 0 Å². The molecule has 1 saturated heterocycles. The first-order valence-electron chi connectivity index (χ1n) is 6.92. The summed E-state index contributed by atoms with van der Waals surface area (Å²) >= 11 is 3.56. The van der Waals surface area contributed by atoms with Crippen molar-refractivity contribution in [1.29, 1.82) is 0 Å². The van der Waals surface area contributed by atoms with Crippen molar-refractivity contribution in [1.82, 2.24) is 4.90 Å². The van der Waals surface area contributed by atoms with Crippen LogP contribution in [-0.4, -0.2) is 24.5 Å². The summed E-state index contributed by atoms with van der Waals surface area (Å²) in [5, 5.41) is 0. The molecule has 0 aromatic heterocycles. The number of rotatable bonds is 3. The Hall–Kier alpha value is -0.380. The van der Waals surface area contributed by atoms with Gasteiger partial charge in [-0.15, -0.1) is 0 Å². The highest BCUT2D eigenvalue weighted by Crippen LogP contribution is 2.26. The van der Waals surface area contributed by atoms with E-state index in [9.17, 15) is 0 Å². The minimum absolute atomic E-state index is 0.384. The highest BCUT2D eigenvalue weighted by Gasteiger charge is 2.20. The number of likely N-dealkylation sites (tertiary alicyclic amines) is 1. The lowest BCUT2D eigenvalue weighted by Crippen LogP contribution is -2.34. The fraction of sp³-hybridized carbons (Fsp3) is 0.600. The SMILES string of the molecule is Cc1cc(C(CN)N2CCCCCC2)ccc1Br. The van der Waals surface area contributed by atoms with Crippen molar-refractivity contribution in [2.75, 3.05) is 19.6 Å². The van der Waals surface area contributed by atoms with Crippen LogP contribution in [0.25, 0.3) is 0 Å². The van der Waals surface area contributed by atoms with Crippen molar-refractivity contribution in [3.8, 4) is 0 Å². The molecular formula is C15H23BrN2. The van der Waals surface area contributed by atoms with E-state index in [-0.39, 0.29) is 0 Å².